The molecular formula is C5H10NO3S-. The first-order chi connectivity index (χ1) is 4.54. The number of carboxylic acids is 1. The van der Waals surface area contributed by atoms with Gasteiger partial charge in [-0.25, -0.2) is 0 Å². The molecule has 5 heteroatoms. The van der Waals surface area contributed by atoms with Crippen molar-refractivity contribution in [2.75, 3.05) is 12.0 Å². The number of hydrogen-bond acceptors (Lipinski definition) is 4. The number of hydrogen-bond donors (Lipinski definition) is 1. The van der Waals surface area contributed by atoms with Gasteiger partial charge in [0.15, 0.2) is 0 Å². The second-order valence-corrected chi connectivity index (χ2v) is 3.55. The molecule has 0 amide bonds. The van der Waals surface area contributed by atoms with E-state index in [9.17, 15) is 14.1 Å². The van der Waals surface area contributed by atoms with Crippen molar-refractivity contribution in [3.8, 4) is 0 Å². The molecule has 0 fully saturated rings. The Bertz CT molecular complexity index is 148. The van der Waals surface area contributed by atoms with Gasteiger partial charge >= 0.3 is 0 Å². The molecule has 0 aromatic rings. The first kappa shape index (κ1) is 9.58. The fourth-order valence-corrected chi connectivity index (χ4v) is 0.997. The van der Waals surface area contributed by atoms with Gasteiger partial charge in [-0.3, -0.25) is 4.21 Å². The van der Waals surface area contributed by atoms with Crippen molar-refractivity contribution in [2.24, 2.45) is 5.73 Å². The van der Waals surface area contributed by atoms with E-state index >= 15 is 0 Å². The standard InChI is InChI=1S/C5H11NO3S/c1-10(9)3-2-4(6)5(7)8/h4H,2-3,6H2,1H3,(H,7,8)/p-1. The van der Waals surface area contributed by atoms with Crippen molar-refractivity contribution in [3.63, 3.8) is 0 Å². The zero-order valence-corrected chi connectivity index (χ0v) is 6.52. The van der Waals surface area contributed by atoms with Crippen molar-refractivity contribution in [1.29, 1.82) is 0 Å². The number of rotatable bonds is 4. The average molecular weight is 164 g/mol. The maximum absolute atomic E-state index is 10.4. The van der Waals surface area contributed by atoms with Crippen LogP contribution in [0.3, 0.4) is 0 Å². The zero-order valence-electron chi connectivity index (χ0n) is 5.70. The monoisotopic (exact) mass is 164 g/mol. The van der Waals surface area contributed by atoms with Crippen LogP contribution < -0.4 is 10.8 Å². The Morgan fingerprint density at radius 3 is 2.60 bits per heavy atom. The Labute approximate surface area is 61.9 Å². The van der Waals surface area contributed by atoms with Crippen molar-refractivity contribution >= 4 is 16.8 Å². The van der Waals surface area contributed by atoms with Crippen LogP contribution in [-0.2, 0) is 15.6 Å². The second kappa shape index (κ2) is 4.40. The molecule has 0 aromatic carbocycles. The fourth-order valence-electron chi connectivity index (χ4n) is 0.411. The van der Waals surface area contributed by atoms with Gasteiger partial charge in [0.25, 0.3) is 0 Å². The summed E-state index contributed by atoms with van der Waals surface area (Å²) in [4.78, 5) is 9.98. The molecule has 0 bridgehead atoms. The number of nitrogens with two attached hydrogens (primary N) is 1. The molecule has 0 spiro atoms. The van der Waals surface area contributed by atoms with E-state index in [1.54, 1.807) is 0 Å². The molecule has 0 aromatic heterocycles. The minimum absolute atomic E-state index is 0.214. The third kappa shape index (κ3) is 4.46. The first-order valence-electron chi connectivity index (χ1n) is 2.80. The van der Waals surface area contributed by atoms with Gasteiger partial charge in [0.1, 0.15) is 0 Å². The molecule has 0 saturated heterocycles. The lowest BCUT2D eigenvalue weighted by Crippen LogP contribution is -2.42. The van der Waals surface area contributed by atoms with Crippen LogP contribution in [0.5, 0.6) is 0 Å². The maximum atomic E-state index is 10.4. The van der Waals surface area contributed by atoms with Gasteiger partial charge in [0.05, 0.1) is 5.97 Å². The Morgan fingerprint density at radius 1 is 1.80 bits per heavy atom. The van der Waals surface area contributed by atoms with Crippen molar-refractivity contribution in [1.82, 2.24) is 0 Å². The summed E-state index contributed by atoms with van der Waals surface area (Å²) >= 11 is 0. The predicted octanol–water partition coefficient (Wildman–Crippen LogP) is -2.17. The van der Waals surface area contributed by atoms with E-state index in [4.69, 9.17) is 5.73 Å². The van der Waals surface area contributed by atoms with E-state index in [1.807, 2.05) is 0 Å². The predicted molar refractivity (Wildman–Crippen MR) is 36.5 cm³/mol. The zero-order chi connectivity index (χ0) is 8.15. The van der Waals surface area contributed by atoms with Gasteiger partial charge in [0.2, 0.25) is 0 Å². The second-order valence-electron chi connectivity index (χ2n) is 1.99. The molecule has 0 saturated carbocycles. The maximum Gasteiger partial charge on any atom is 0.0582 e. The molecule has 2 unspecified atom stereocenters. The van der Waals surface area contributed by atoms with Crippen molar-refractivity contribution in [2.45, 2.75) is 12.5 Å². The number of carbonyl (C=O) groups excluding carboxylic acids is 1. The molecule has 0 aliphatic rings. The summed E-state index contributed by atoms with van der Waals surface area (Å²) in [5.74, 6) is -0.972. The Kier molecular flexibility index (Phi) is 4.22. The van der Waals surface area contributed by atoms with Gasteiger partial charge in [-0.2, -0.15) is 0 Å². The molecular weight excluding hydrogens is 154 g/mol. The molecule has 4 nitrogen and oxygen atoms in total. The van der Waals surface area contributed by atoms with E-state index in [-0.39, 0.29) is 6.42 Å². The summed E-state index contributed by atoms with van der Waals surface area (Å²) < 4.78 is 10.4. The molecule has 10 heavy (non-hydrogen) atoms. The average Bonchev–Trinajstić information content (AvgIpc) is 1.82. The highest BCUT2D eigenvalue weighted by Gasteiger charge is 2.02. The lowest BCUT2D eigenvalue weighted by atomic mass is 10.2. The highest BCUT2D eigenvalue weighted by molar-refractivity contribution is 7.84. The van der Waals surface area contributed by atoms with E-state index in [0.29, 0.717) is 5.75 Å². The van der Waals surface area contributed by atoms with Crippen molar-refractivity contribution < 1.29 is 14.1 Å². The van der Waals surface area contributed by atoms with E-state index in [2.05, 4.69) is 0 Å². The molecule has 2 N–H and O–H groups in total. The Morgan fingerprint density at radius 2 is 2.30 bits per heavy atom. The largest absolute Gasteiger partial charge is 0.548 e. The van der Waals surface area contributed by atoms with Crippen LogP contribution in [-0.4, -0.2) is 28.2 Å². The minimum atomic E-state index is -1.29. The third-order valence-electron chi connectivity index (χ3n) is 1.02. The molecule has 0 radical (unpaired) electrons. The van der Waals surface area contributed by atoms with Crippen molar-refractivity contribution in [3.05, 3.63) is 0 Å². The summed E-state index contributed by atoms with van der Waals surface area (Å²) in [6.45, 7) is 0. The van der Waals surface area contributed by atoms with Crippen LogP contribution in [0.1, 0.15) is 6.42 Å². The van der Waals surface area contributed by atoms with Gasteiger partial charge in [-0.15, -0.1) is 0 Å². The summed E-state index contributed by atoms with van der Waals surface area (Å²) in [6, 6.07) is -0.983. The smallest absolute Gasteiger partial charge is 0.0582 e. The van der Waals surface area contributed by atoms with Gasteiger partial charge < -0.3 is 15.6 Å². The third-order valence-corrected chi connectivity index (χ3v) is 1.83. The molecule has 0 aliphatic carbocycles. The molecule has 0 heterocycles. The van der Waals surface area contributed by atoms with Crippen LogP contribution in [0.4, 0.5) is 0 Å². The molecule has 0 rings (SSSR count). The lowest BCUT2D eigenvalue weighted by molar-refractivity contribution is -0.307. The Balaban J connectivity index is 3.49. The van der Waals surface area contributed by atoms with Crippen LogP contribution in [0.25, 0.3) is 0 Å². The number of carbonyl (C=O) groups is 1. The molecule has 0 aliphatic heterocycles. The SMILES string of the molecule is CS(=O)CCC(N)C(=O)[O-]. The van der Waals surface area contributed by atoms with Gasteiger partial charge in [0, 0.05) is 28.9 Å². The van der Waals surface area contributed by atoms with E-state index < -0.39 is 22.8 Å². The number of aliphatic carboxylic acids is 1. The van der Waals surface area contributed by atoms with E-state index in [1.165, 1.54) is 6.26 Å². The van der Waals surface area contributed by atoms with Crippen LogP contribution >= 0.6 is 0 Å². The summed E-state index contributed by atoms with van der Waals surface area (Å²) in [5.41, 5.74) is 5.07. The fraction of sp³-hybridized carbons (Fsp3) is 0.800. The highest BCUT2D eigenvalue weighted by atomic mass is 32.2. The number of carboxylic acid groups (broad SMARTS) is 1. The topological polar surface area (TPSA) is 83.2 Å². The summed E-state index contributed by atoms with van der Waals surface area (Å²) in [5, 5.41) is 9.98. The van der Waals surface area contributed by atoms with Crippen LogP contribution in [0.15, 0.2) is 0 Å². The minimum Gasteiger partial charge on any atom is -0.548 e. The lowest BCUT2D eigenvalue weighted by Gasteiger charge is -2.10. The summed E-state index contributed by atoms with van der Waals surface area (Å²) in [6.07, 6.45) is 1.72. The Hall–Kier alpha value is -0.420. The normalized spacial score (nSPS) is 16.2. The molecule has 60 valence electrons. The molecule has 2 atom stereocenters. The van der Waals surface area contributed by atoms with E-state index in [0.717, 1.165) is 0 Å². The summed E-state index contributed by atoms with van der Waals surface area (Å²) in [7, 11) is -0.974. The first-order valence-corrected chi connectivity index (χ1v) is 4.53. The van der Waals surface area contributed by atoms with Gasteiger partial charge in [-0.05, 0) is 6.42 Å². The van der Waals surface area contributed by atoms with Gasteiger partial charge in [-0.1, -0.05) is 0 Å². The quantitative estimate of drug-likeness (QED) is 0.512. The highest BCUT2D eigenvalue weighted by Crippen LogP contribution is 1.88. The van der Waals surface area contributed by atoms with Crippen LogP contribution in [0.2, 0.25) is 0 Å². The van der Waals surface area contributed by atoms with Crippen LogP contribution in [0, 0.1) is 0 Å².